The maximum absolute atomic E-state index is 6.19. The van der Waals surface area contributed by atoms with E-state index in [2.05, 4.69) is 15.7 Å². The second kappa shape index (κ2) is 8.06. The van der Waals surface area contributed by atoms with Gasteiger partial charge in [-0.3, -0.25) is 4.68 Å². The highest BCUT2D eigenvalue weighted by atomic mass is 35.5. The molecule has 1 aromatic heterocycles. The van der Waals surface area contributed by atoms with Gasteiger partial charge in [0.2, 0.25) is 0 Å². The van der Waals surface area contributed by atoms with Crippen molar-refractivity contribution in [1.82, 2.24) is 9.78 Å². The normalized spacial score (nSPS) is 10.5. The molecule has 128 valence electrons. The van der Waals surface area contributed by atoms with Crippen molar-refractivity contribution in [3.63, 3.8) is 0 Å². The molecule has 0 saturated carbocycles. The van der Waals surface area contributed by atoms with Crippen molar-refractivity contribution in [3.8, 4) is 0 Å². The van der Waals surface area contributed by atoms with Gasteiger partial charge in [0, 0.05) is 32.5 Å². The third-order valence-corrected chi connectivity index (χ3v) is 4.50. The number of hydrogen-bond donors (Lipinski definition) is 2. The first-order valence-electron chi connectivity index (χ1n) is 7.30. The maximum Gasteiger partial charge on any atom is 0.175 e. The smallest absolute Gasteiger partial charge is 0.175 e. The van der Waals surface area contributed by atoms with Crippen molar-refractivity contribution in [2.75, 3.05) is 10.6 Å². The van der Waals surface area contributed by atoms with E-state index in [-0.39, 0.29) is 0 Å². The molecule has 2 aromatic carbocycles. The number of nitrogens with zero attached hydrogens (tertiary/aromatic N) is 2. The summed E-state index contributed by atoms with van der Waals surface area (Å²) >= 11 is 23.6. The van der Waals surface area contributed by atoms with Crippen LogP contribution in [0.25, 0.3) is 0 Å². The van der Waals surface area contributed by atoms with Gasteiger partial charge in [0.25, 0.3) is 0 Å². The van der Waals surface area contributed by atoms with E-state index in [1.807, 2.05) is 24.4 Å². The SMILES string of the molecule is S=C(Nc1cccc(Cl)c1)Nc1cnn(Cc2c(Cl)cccc2Cl)c1. The molecule has 0 aliphatic carbocycles. The molecule has 0 saturated heterocycles. The van der Waals surface area contributed by atoms with Crippen LogP contribution in [0.2, 0.25) is 15.1 Å². The van der Waals surface area contributed by atoms with Crippen LogP contribution in [0.5, 0.6) is 0 Å². The number of thiocarbonyl (C=S) groups is 1. The maximum atomic E-state index is 6.19. The lowest BCUT2D eigenvalue weighted by Gasteiger charge is -2.09. The van der Waals surface area contributed by atoms with Gasteiger partial charge in [-0.25, -0.2) is 0 Å². The summed E-state index contributed by atoms with van der Waals surface area (Å²) in [6.07, 6.45) is 3.50. The van der Waals surface area contributed by atoms with Gasteiger partial charge >= 0.3 is 0 Å². The minimum absolute atomic E-state index is 0.442. The number of aromatic nitrogens is 2. The van der Waals surface area contributed by atoms with Crippen LogP contribution in [0.15, 0.2) is 54.9 Å². The Morgan fingerprint density at radius 3 is 2.40 bits per heavy atom. The van der Waals surface area contributed by atoms with E-state index in [0.29, 0.717) is 26.7 Å². The lowest BCUT2D eigenvalue weighted by atomic mass is 10.2. The van der Waals surface area contributed by atoms with E-state index in [4.69, 9.17) is 47.0 Å². The van der Waals surface area contributed by atoms with Crippen LogP contribution >= 0.6 is 47.0 Å². The third-order valence-electron chi connectivity index (χ3n) is 3.36. The van der Waals surface area contributed by atoms with Gasteiger partial charge in [-0.05, 0) is 42.5 Å². The van der Waals surface area contributed by atoms with Crippen LogP contribution in [0, 0.1) is 0 Å². The van der Waals surface area contributed by atoms with Crippen LogP contribution in [0.4, 0.5) is 11.4 Å². The number of hydrogen-bond acceptors (Lipinski definition) is 2. The Morgan fingerprint density at radius 2 is 1.68 bits per heavy atom. The second-order valence-corrected chi connectivity index (χ2v) is 6.88. The monoisotopic (exact) mass is 410 g/mol. The molecule has 2 N–H and O–H groups in total. The van der Waals surface area contributed by atoms with E-state index in [1.54, 1.807) is 35.1 Å². The van der Waals surface area contributed by atoms with Crippen molar-refractivity contribution < 1.29 is 0 Å². The van der Waals surface area contributed by atoms with Gasteiger partial charge in [-0.2, -0.15) is 5.10 Å². The van der Waals surface area contributed by atoms with Crippen LogP contribution in [-0.4, -0.2) is 14.9 Å². The molecule has 3 rings (SSSR count). The summed E-state index contributed by atoms with van der Waals surface area (Å²) in [5.41, 5.74) is 2.38. The summed E-state index contributed by atoms with van der Waals surface area (Å²) in [6.45, 7) is 0.467. The first kappa shape index (κ1) is 18.0. The molecule has 25 heavy (non-hydrogen) atoms. The molecular weight excluding hydrogens is 399 g/mol. The molecule has 4 nitrogen and oxygen atoms in total. The molecule has 3 aromatic rings. The first-order chi connectivity index (χ1) is 12.0. The zero-order valence-corrected chi connectivity index (χ0v) is 15.9. The Morgan fingerprint density at radius 1 is 1.00 bits per heavy atom. The largest absolute Gasteiger partial charge is 0.332 e. The molecule has 8 heteroatoms. The molecule has 0 spiro atoms. The number of nitrogens with one attached hydrogen (secondary N) is 2. The second-order valence-electron chi connectivity index (χ2n) is 5.22. The number of halogens is 3. The van der Waals surface area contributed by atoms with Gasteiger partial charge < -0.3 is 10.6 Å². The highest BCUT2D eigenvalue weighted by Gasteiger charge is 2.08. The fourth-order valence-corrected chi connectivity index (χ4v) is 3.16. The predicted octanol–water partition coefficient (Wildman–Crippen LogP) is 5.70. The fraction of sp³-hybridized carbons (Fsp3) is 0.0588. The fourth-order valence-electron chi connectivity index (χ4n) is 2.22. The first-order valence-corrected chi connectivity index (χ1v) is 8.84. The minimum Gasteiger partial charge on any atom is -0.332 e. The molecule has 0 amide bonds. The zero-order chi connectivity index (χ0) is 17.8. The van der Waals surface area contributed by atoms with E-state index < -0.39 is 0 Å². The lowest BCUT2D eigenvalue weighted by Crippen LogP contribution is -2.18. The topological polar surface area (TPSA) is 41.9 Å². The molecule has 1 heterocycles. The molecule has 0 fully saturated rings. The van der Waals surface area contributed by atoms with Crippen molar-refractivity contribution in [2.24, 2.45) is 0 Å². The minimum atomic E-state index is 0.442. The van der Waals surface area contributed by atoms with Crippen LogP contribution in [0.1, 0.15) is 5.56 Å². The molecule has 0 unspecified atom stereocenters. The van der Waals surface area contributed by atoms with Gasteiger partial charge in [0.05, 0.1) is 18.4 Å². The van der Waals surface area contributed by atoms with Crippen LogP contribution < -0.4 is 10.6 Å². The number of benzene rings is 2. The van der Waals surface area contributed by atoms with Crippen molar-refractivity contribution in [3.05, 3.63) is 75.5 Å². The van der Waals surface area contributed by atoms with Crippen LogP contribution in [-0.2, 0) is 6.54 Å². The Hall–Kier alpha value is -1.79. The average Bonchev–Trinajstić information content (AvgIpc) is 2.98. The Labute approximate surface area is 165 Å². The molecule has 0 aliphatic heterocycles. The number of anilines is 2. The Kier molecular flexibility index (Phi) is 5.81. The molecular formula is C17H13Cl3N4S. The Balaban J connectivity index is 1.64. The zero-order valence-electron chi connectivity index (χ0n) is 12.8. The summed E-state index contributed by atoms with van der Waals surface area (Å²) in [4.78, 5) is 0. The average molecular weight is 412 g/mol. The summed E-state index contributed by atoms with van der Waals surface area (Å²) in [6, 6.07) is 12.7. The molecule has 0 bridgehead atoms. The van der Waals surface area contributed by atoms with Gasteiger partial charge in [0.1, 0.15) is 0 Å². The van der Waals surface area contributed by atoms with Gasteiger partial charge in [0.15, 0.2) is 5.11 Å². The highest BCUT2D eigenvalue weighted by Crippen LogP contribution is 2.25. The predicted molar refractivity (Wildman–Crippen MR) is 109 cm³/mol. The van der Waals surface area contributed by atoms with E-state index in [9.17, 15) is 0 Å². The van der Waals surface area contributed by atoms with E-state index in [0.717, 1.165) is 16.9 Å². The molecule has 0 atom stereocenters. The van der Waals surface area contributed by atoms with Gasteiger partial charge in [-0.1, -0.05) is 46.9 Å². The quantitative estimate of drug-likeness (QED) is 0.540. The summed E-state index contributed by atoms with van der Waals surface area (Å²) in [5.74, 6) is 0. The highest BCUT2D eigenvalue weighted by molar-refractivity contribution is 7.80. The van der Waals surface area contributed by atoms with E-state index >= 15 is 0 Å². The molecule has 0 aliphatic rings. The third kappa shape index (κ3) is 4.86. The summed E-state index contributed by atoms with van der Waals surface area (Å²) in [5, 5.41) is 12.7. The van der Waals surface area contributed by atoms with E-state index in [1.165, 1.54) is 0 Å². The lowest BCUT2D eigenvalue weighted by molar-refractivity contribution is 0.687. The van der Waals surface area contributed by atoms with Crippen molar-refractivity contribution in [1.29, 1.82) is 0 Å². The standard InChI is InChI=1S/C17H13Cl3N4S/c18-11-3-1-4-12(7-11)22-17(25)23-13-8-21-24(9-13)10-14-15(19)5-2-6-16(14)20/h1-9H,10H2,(H2,22,23,25). The van der Waals surface area contributed by atoms with Crippen molar-refractivity contribution in [2.45, 2.75) is 6.54 Å². The summed E-state index contributed by atoms with van der Waals surface area (Å²) < 4.78 is 1.73. The number of rotatable bonds is 4. The van der Waals surface area contributed by atoms with Gasteiger partial charge in [-0.15, -0.1) is 0 Å². The summed E-state index contributed by atoms with van der Waals surface area (Å²) in [7, 11) is 0. The van der Waals surface area contributed by atoms with Crippen LogP contribution in [0.3, 0.4) is 0 Å². The van der Waals surface area contributed by atoms with Crippen molar-refractivity contribution >= 4 is 63.5 Å². The Bertz CT molecular complexity index is 890. The molecule has 0 radical (unpaired) electrons.